The third-order valence-electron chi connectivity index (χ3n) is 3.36. The van der Waals surface area contributed by atoms with E-state index in [9.17, 15) is 4.79 Å². The van der Waals surface area contributed by atoms with Crippen LogP contribution in [-0.2, 0) is 4.79 Å². The van der Waals surface area contributed by atoms with Crippen LogP contribution in [0.5, 0.6) is 0 Å². The number of amides is 1. The third kappa shape index (κ3) is 3.33. The van der Waals surface area contributed by atoms with Gasteiger partial charge in [-0.25, -0.2) is 0 Å². The molecule has 0 aromatic heterocycles. The minimum atomic E-state index is -0.0244. The van der Waals surface area contributed by atoms with E-state index < -0.39 is 0 Å². The summed E-state index contributed by atoms with van der Waals surface area (Å²) in [6.07, 6.45) is 3.24. The molecule has 18 heavy (non-hydrogen) atoms. The van der Waals surface area contributed by atoms with Gasteiger partial charge in [0.1, 0.15) is 0 Å². The number of benzene rings is 1. The molecule has 0 bridgehead atoms. The highest BCUT2D eigenvalue weighted by molar-refractivity contribution is 9.10. The van der Waals surface area contributed by atoms with Gasteiger partial charge in [0.2, 0.25) is 5.91 Å². The first-order chi connectivity index (χ1) is 8.68. The molecule has 0 spiro atoms. The molecule has 1 amide bonds. The molecule has 1 aliphatic rings. The Kier molecular flexibility index (Phi) is 4.78. The molecule has 0 aliphatic carbocycles. The van der Waals surface area contributed by atoms with Crippen molar-refractivity contribution in [3.8, 4) is 0 Å². The summed E-state index contributed by atoms with van der Waals surface area (Å²) in [5.74, 6) is 0.109. The number of piperidine rings is 1. The summed E-state index contributed by atoms with van der Waals surface area (Å²) in [6, 6.07) is 7.99. The first kappa shape index (κ1) is 13.6. The van der Waals surface area contributed by atoms with Crippen molar-refractivity contribution in [2.75, 3.05) is 6.54 Å². The molecular weight excluding hydrogens is 292 g/mol. The number of nitrogens with one attached hydrogen (secondary N) is 2. The quantitative estimate of drug-likeness (QED) is 0.901. The Labute approximate surface area is 116 Å². The van der Waals surface area contributed by atoms with E-state index in [-0.39, 0.29) is 18.0 Å². The van der Waals surface area contributed by atoms with Gasteiger partial charge in [-0.15, -0.1) is 0 Å². The highest BCUT2D eigenvalue weighted by atomic mass is 79.9. The van der Waals surface area contributed by atoms with Crippen molar-refractivity contribution in [1.29, 1.82) is 0 Å². The molecule has 1 saturated heterocycles. The lowest BCUT2D eigenvalue weighted by molar-refractivity contribution is -0.124. The average Bonchev–Trinajstić information content (AvgIpc) is 2.40. The number of carbonyl (C=O) groups is 1. The van der Waals surface area contributed by atoms with Gasteiger partial charge in [-0.3, -0.25) is 4.79 Å². The number of rotatable bonds is 3. The minimum absolute atomic E-state index is 0.0244. The van der Waals surface area contributed by atoms with Gasteiger partial charge in [-0.2, -0.15) is 0 Å². The highest BCUT2D eigenvalue weighted by Crippen LogP contribution is 2.23. The molecular formula is C14H19BrN2O. The van der Waals surface area contributed by atoms with Crippen LogP contribution in [0.1, 0.15) is 37.8 Å². The van der Waals surface area contributed by atoms with Crippen LogP contribution in [0, 0.1) is 0 Å². The fourth-order valence-corrected chi connectivity index (χ4v) is 2.92. The van der Waals surface area contributed by atoms with Crippen LogP contribution in [0.2, 0.25) is 0 Å². The maximum absolute atomic E-state index is 12.1. The van der Waals surface area contributed by atoms with Crippen molar-refractivity contribution >= 4 is 21.8 Å². The third-order valence-corrected chi connectivity index (χ3v) is 4.08. The van der Waals surface area contributed by atoms with Crippen molar-refractivity contribution < 1.29 is 4.79 Å². The van der Waals surface area contributed by atoms with E-state index in [1.54, 1.807) is 0 Å². The van der Waals surface area contributed by atoms with E-state index in [4.69, 9.17) is 0 Å². The fraction of sp³-hybridized carbons (Fsp3) is 0.500. The number of hydrogen-bond acceptors (Lipinski definition) is 2. The van der Waals surface area contributed by atoms with Crippen molar-refractivity contribution in [1.82, 2.24) is 10.6 Å². The van der Waals surface area contributed by atoms with E-state index in [0.29, 0.717) is 0 Å². The monoisotopic (exact) mass is 310 g/mol. The summed E-state index contributed by atoms with van der Waals surface area (Å²) in [5.41, 5.74) is 1.11. The van der Waals surface area contributed by atoms with Crippen molar-refractivity contribution in [3.05, 3.63) is 34.3 Å². The molecule has 0 saturated carbocycles. The molecule has 2 N–H and O–H groups in total. The normalized spacial score (nSPS) is 21.3. The molecule has 0 radical (unpaired) electrons. The second kappa shape index (κ2) is 6.34. The summed E-state index contributed by atoms with van der Waals surface area (Å²) >= 11 is 3.52. The Morgan fingerprint density at radius 1 is 1.44 bits per heavy atom. The molecule has 2 atom stereocenters. The molecule has 0 unspecified atom stereocenters. The van der Waals surface area contributed by atoms with Gasteiger partial charge in [-0.1, -0.05) is 40.5 Å². The predicted molar refractivity (Wildman–Crippen MR) is 76.3 cm³/mol. The zero-order valence-corrected chi connectivity index (χ0v) is 12.2. The largest absolute Gasteiger partial charge is 0.348 e. The second-order valence-electron chi connectivity index (χ2n) is 4.75. The zero-order chi connectivity index (χ0) is 13.0. The number of halogens is 1. The van der Waals surface area contributed by atoms with Gasteiger partial charge in [0, 0.05) is 4.47 Å². The Hall–Kier alpha value is -0.870. The topological polar surface area (TPSA) is 41.1 Å². The molecule has 1 aliphatic heterocycles. The first-order valence-electron chi connectivity index (χ1n) is 6.46. The van der Waals surface area contributed by atoms with Crippen molar-refractivity contribution in [2.24, 2.45) is 0 Å². The van der Waals surface area contributed by atoms with Gasteiger partial charge >= 0.3 is 0 Å². The summed E-state index contributed by atoms with van der Waals surface area (Å²) in [6.45, 7) is 2.96. The van der Waals surface area contributed by atoms with Gasteiger partial charge in [0.05, 0.1) is 12.1 Å². The zero-order valence-electron chi connectivity index (χ0n) is 10.6. The lowest BCUT2D eigenvalue weighted by Crippen LogP contribution is -2.47. The van der Waals surface area contributed by atoms with Gasteiger partial charge in [0.25, 0.3) is 0 Å². The molecule has 4 heteroatoms. The summed E-state index contributed by atoms with van der Waals surface area (Å²) < 4.78 is 1.04. The van der Waals surface area contributed by atoms with Crippen LogP contribution in [0.4, 0.5) is 0 Å². The molecule has 1 aromatic carbocycles. The van der Waals surface area contributed by atoms with Crippen LogP contribution in [0.15, 0.2) is 28.7 Å². The number of carbonyl (C=O) groups excluding carboxylic acids is 1. The highest BCUT2D eigenvalue weighted by Gasteiger charge is 2.22. The predicted octanol–water partition coefficient (Wildman–Crippen LogP) is 2.77. The Morgan fingerprint density at radius 2 is 2.22 bits per heavy atom. The summed E-state index contributed by atoms with van der Waals surface area (Å²) in [4.78, 5) is 12.1. The molecule has 1 heterocycles. The van der Waals surface area contributed by atoms with Gasteiger partial charge in [-0.05, 0) is 37.9 Å². The average molecular weight is 311 g/mol. The van der Waals surface area contributed by atoms with Crippen LogP contribution < -0.4 is 10.6 Å². The van der Waals surface area contributed by atoms with Crippen LogP contribution >= 0.6 is 15.9 Å². The standard InChI is InChI=1S/C14H19BrN2O/c1-10(11-6-2-3-7-12(11)15)17-14(18)13-8-4-5-9-16-13/h2-3,6-7,10,13,16H,4-5,8-9H2,1H3,(H,17,18)/t10-,13+/m0/s1. The molecule has 98 valence electrons. The molecule has 3 nitrogen and oxygen atoms in total. The second-order valence-corrected chi connectivity index (χ2v) is 5.61. The Morgan fingerprint density at radius 3 is 2.89 bits per heavy atom. The van der Waals surface area contributed by atoms with E-state index in [2.05, 4.69) is 26.6 Å². The maximum Gasteiger partial charge on any atom is 0.237 e. The van der Waals surface area contributed by atoms with Crippen molar-refractivity contribution in [3.63, 3.8) is 0 Å². The van der Waals surface area contributed by atoms with Crippen molar-refractivity contribution in [2.45, 2.75) is 38.3 Å². The lowest BCUT2D eigenvalue weighted by Gasteiger charge is -2.25. The summed E-state index contributed by atoms with van der Waals surface area (Å²) in [5, 5.41) is 6.34. The van der Waals surface area contributed by atoms with E-state index in [1.807, 2.05) is 31.2 Å². The van der Waals surface area contributed by atoms with E-state index >= 15 is 0 Å². The Balaban J connectivity index is 1.96. The van der Waals surface area contributed by atoms with Crippen LogP contribution in [-0.4, -0.2) is 18.5 Å². The minimum Gasteiger partial charge on any atom is -0.348 e. The Bertz CT molecular complexity index is 416. The summed E-state index contributed by atoms with van der Waals surface area (Å²) in [7, 11) is 0. The van der Waals surface area contributed by atoms with Gasteiger partial charge < -0.3 is 10.6 Å². The SMILES string of the molecule is C[C@H](NC(=O)[C@H]1CCCCN1)c1ccccc1Br. The van der Waals surface area contributed by atoms with E-state index in [0.717, 1.165) is 29.4 Å². The van der Waals surface area contributed by atoms with E-state index in [1.165, 1.54) is 6.42 Å². The molecule has 2 rings (SSSR count). The maximum atomic E-state index is 12.1. The fourth-order valence-electron chi connectivity index (χ4n) is 2.29. The molecule has 1 aromatic rings. The number of hydrogen-bond donors (Lipinski definition) is 2. The van der Waals surface area contributed by atoms with Crippen LogP contribution in [0.3, 0.4) is 0 Å². The lowest BCUT2D eigenvalue weighted by atomic mass is 10.0. The van der Waals surface area contributed by atoms with Crippen LogP contribution in [0.25, 0.3) is 0 Å². The smallest absolute Gasteiger partial charge is 0.237 e. The first-order valence-corrected chi connectivity index (χ1v) is 7.26. The molecule has 1 fully saturated rings. The van der Waals surface area contributed by atoms with Gasteiger partial charge in [0.15, 0.2) is 0 Å².